The summed E-state index contributed by atoms with van der Waals surface area (Å²) < 4.78 is 4.61. The molecule has 0 saturated carbocycles. The van der Waals surface area contributed by atoms with Gasteiger partial charge < -0.3 is 15.4 Å². The number of methoxy groups -OCH3 is 1. The number of Topliss-reactive ketones (excluding diaryl/α,β-unsaturated/α-hetero) is 1. The van der Waals surface area contributed by atoms with Gasteiger partial charge >= 0.3 is 5.97 Å². The lowest BCUT2D eigenvalue weighted by atomic mass is 10.1. The van der Waals surface area contributed by atoms with Crippen LogP contribution in [0.2, 0.25) is 0 Å². The second-order valence-electron chi connectivity index (χ2n) is 5.43. The van der Waals surface area contributed by atoms with Crippen molar-refractivity contribution >= 4 is 29.3 Å². The molecule has 0 aliphatic heterocycles. The van der Waals surface area contributed by atoms with Gasteiger partial charge in [0.15, 0.2) is 0 Å². The number of benzene rings is 2. The summed E-state index contributed by atoms with van der Waals surface area (Å²) in [7, 11) is 1.29. The van der Waals surface area contributed by atoms with Crippen molar-refractivity contribution in [3.63, 3.8) is 0 Å². The number of carbonyl (C=O) groups is 4. The van der Waals surface area contributed by atoms with E-state index in [0.717, 1.165) is 0 Å². The van der Waals surface area contributed by atoms with E-state index in [-0.39, 0.29) is 23.7 Å². The van der Waals surface area contributed by atoms with E-state index < -0.39 is 17.7 Å². The van der Waals surface area contributed by atoms with E-state index in [1.807, 2.05) is 0 Å². The third kappa shape index (κ3) is 4.76. The van der Waals surface area contributed by atoms with E-state index in [2.05, 4.69) is 15.4 Å². The smallest absolute Gasteiger partial charge is 0.337 e. The van der Waals surface area contributed by atoms with E-state index in [1.54, 1.807) is 42.5 Å². The Hall–Kier alpha value is -3.48. The summed E-state index contributed by atoms with van der Waals surface area (Å²) in [6.45, 7) is 1.44. The number of esters is 1. The van der Waals surface area contributed by atoms with Crippen molar-refractivity contribution in [3.8, 4) is 0 Å². The number of hydrogen-bond donors (Lipinski definition) is 2. The van der Waals surface area contributed by atoms with Gasteiger partial charge in [0.05, 0.1) is 23.9 Å². The van der Waals surface area contributed by atoms with Gasteiger partial charge in [-0.05, 0) is 29.8 Å². The van der Waals surface area contributed by atoms with E-state index >= 15 is 0 Å². The highest BCUT2D eigenvalue weighted by Gasteiger charge is 2.19. The van der Waals surface area contributed by atoms with Crippen molar-refractivity contribution < 1.29 is 23.9 Å². The first-order valence-electron chi connectivity index (χ1n) is 7.78. The first-order valence-corrected chi connectivity index (χ1v) is 7.78. The number of carbonyl (C=O) groups excluding carboxylic acids is 4. The summed E-state index contributed by atoms with van der Waals surface area (Å²) in [5.74, 6) is -2.33. The molecule has 0 unspecified atom stereocenters. The SMILES string of the molecule is COC(=O)c1ccc(CNC(=O)C(=O)c2ccccc2NC(C)=O)cc1. The van der Waals surface area contributed by atoms with Gasteiger partial charge in [-0.25, -0.2) is 4.79 Å². The lowest BCUT2D eigenvalue weighted by Crippen LogP contribution is -2.31. The quantitative estimate of drug-likeness (QED) is 0.469. The molecular weight excluding hydrogens is 336 g/mol. The number of nitrogens with one attached hydrogen (secondary N) is 2. The minimum Gasteiger partial charge on any atom is -0.465 e. The van der Waals surface area contributed by atoms with Crippen LogP contribution in [-0.4, -0.2) is 30.7 Å². The molecule has 0 aromatic heterocycles. The van der Waals surface area contributed by atoms with Crippen LogP contribution in [0.3, 0.4) is 0 Å². The predicted molar refractivity (Wildman–Crippen MR) is 94.7 cm³/mol. The summed E-state index contributed by atoms with van der Waals surface area (Å²) in [6.07, 6.45) is 0. The number of rotatable bonds is 6. The molecule has 2 amide bonds. The zero-order valence-electron chi connectivity index (χ0n) is 14.4. The highest BCUT2D eigenvalue weighted by atomic mass is 16.5. The van der Waals surface area contributed by atoms with Gasteiger partial charge in [-0.15, -0.1) is 0 Å². The number of para-hydroxylation sites is 1. The molecule has 134 valence electrons. The lowest BCUT2D eigenvalue weighted by Gasteiger charge is -2.09. The van der Waals surface area contributed by atoms with E-state index in [0.29, 0.717) is 11.1 Å². The Bertz CT molecular complexity index is 843. The Morgan fingerprint density at radius 2 is 1.62 bits per heavy atom. The van der Waals surface area contributed by atoms with Gasteiger partial charge in [0.1, 0.15) is 0 Å². The number of amides is 2. The Balaban J connectivity index is 2.03. The van der Waals surface area contributed by atoms with Crippen molar-refractivity contribution in [2.45, 2.75) is 13.5 Å². The highest BCUT2D eigenvalue weighted by molar-refractivity contribution is 6.44. The van der Waals surface area contributed by atoms with Gasteiger partial charge in [0.2, 0.25) is 5.91 Å². The van der Waals surface area contributed by atoms with Crippen molar-refractivity contribution in [2.75, 3.05) is 12.4 Å². The zero-order chi connectivity index (χ0) is 19.1. The van der Waals surface area contributed by atoms with E-state index in [1.165, 1.54) is 20.1 Å². The molecule has 0 saturated heterocycles. The molecule has 2 aromatic carbocycles. The number of hydrogen-bond acceptors (Lipinski definition) is 5. The maximum absolute atomic E-state index is 12.3. The summed E-state index contributed by atoms with van der Waals surface area (Å²) in [5.41, 5.74) is 1.50. The van der Waals surface area contributed by atoms with E-state index in [9.17, 15) is 19.2 Å². The molecule has 0 spiro atoms. The Morgan fingerprint density at radius 3 is 2.23 bits per heavy atom. The van der Waals surface area contributed by atoms with Crippen LogP contribution < -0.4 is 10.6 Å². The standard InChI is InChI=1S/C19H18N2O5/c1-12(22)21-16-6-4-3-5-15(16)17(23)18(24)20-11-13-7-9-14(10-8-13)19(25)26-2/h3-10H,11H2,1-2H3,(H,20,24)(H,21,22). The molecule has 2 aromatic rings. The van der Waals surface area contributed by atoms with Gasteiger partial charge in [-0.2, -0.15) is 0 Å². The summed E-state index contributed by atoms with van der Waals surface area (Å²) in [6, 6.07) is 12.7. The van der Waals surface area contributed by atoms with Gasteiger partial charge in [0.25, 0.3) is 11.7 Å². The normalized spacial score (nSPS) is 9.92. The average molecular weight is 354 g/mol. The van der Waals surface area contributed by atoms with E-state index in [4.69, 9.17) is 0 Å². The largest absolute Gasteiger partial charge is 0.465 e. The first kappa shape index (κ1) is 18.9. The summed E-state index contributed by atoms with van der Waals surface area (Å²) in [5, 5.41) is 5.04. The van der Waals surface area contributed by atoms with Crippen molar-refractivity contribution in [2.24, 2.45) is 0 Å². The van der Waals surface area contributed by atoms with Crippen LogP contribution in [0.5, 0.6) is 0 Å². The minimum absolute atomic E-state index is 0.112. The second-order valence-corrected chi connectivity index (χ2v) is 5.43. The molecule has 2 rings (SSSR count). The predicted octanol–water partition coefficient (Wildman–Crippen LogP) is 1.93. The molecule has 0 heterocycles. The number of anilines is 1. The van der Waals surface area contributed by atoms with Crippen molar-refractivity contribution in [1.29, 1.82) is 0 Å². The van der Waals surface area contributed by atoms with Gasteiger partial charge in [-0.3, -0.25) is 14.4 Å². The lowest BCUT2D eigenvalue weighted by molar-refractivity contribution is -0.117. The van der Waals surface area contributed by atoms with Crippen molar-refractivity contribution in [1.82, 2.24) is 5.32 Å². The maximum atomic E-state index is 12.3. The molecule has 0 aliphatic rings. The molecule has 26 heavy (non-hydrogen) atoms. The first-order chi connectivity index (χ1) is 12.4. The fraction of sp³-hybridized carbons (Fsp3) is 0.158. The van der Waals surface area contributed by atoms with Crippen LogP contribution in [-0.2, 0) is 20.9 Å². The Kier molecular flexibility index (Phi) is 6.21. The Labute approximate surface area is 150 Å². The molecule has 0 fully saturated rings. The summed E-state index contributed by atoms with van der Waals surface area (Å²) in [4.78, 5) is 47.0. The van der Waals surface area contributed by atoms with Gasteiger partial charge in [-0.1, -0.05) is 24.3 Å². The Morgan fingerprint density at radius 1 is 0.962 bits per heavy atom. The topological polar surface area (TPSA) is 102 Å². The average Bonchev–Trinajstić information content (AvgIpc) is 2.65. The maximum Gasteiger partial charge on any atom is 0.337 e. The van der Waals surface area contributed by atoms with Crippen LogP contribution in [0.1, 0.15) is 33.2 Å². The minimum atomic E-state index is -0.792. The molecular formula is C19H18N2O5. The molecule has 2 N–H and O–H groups in total. The van der Waals surface area contributed by atoms with Gasteiger partial charge in [0, 0.05) is 13.5 Å². The van der Waals surface area contributed by atoms with Crippen LogP contribution in [0.15, 0.2) is 48.5 Å². The third-order valence-corrected chi connectivity index (χ3v) is 3.52. The van der Waals surface area contributed by atoms with Crippen molar-refractivity contribution in [3.05, 3.63) is 65.2 Å². The van der Waals surface area contributed by atoms with Crippen LogP contribution in [0.4, 0.5) is 5.69 Å². The molecule has 7 heteroatoms. The fourth-order valence-electron chi connectivity index (χ4n) is 2.24. The molecule has 0 bridgehead atoms. The fourth-order valence-corrected chi connectivity index (χ4v) is 2.24. The second kappa shape index (κ2) is 8.57. The number of ether oxygens (including phenoxy) is 1. The summed E-state index contributed by atoms with van der Waals surface area (Å²) >= 11 is 0. The van der Waals surface area contributed by atoms with Crippen LogP contribution in [0.25, 0.3) is 0 Å². The molecule has 0 radical (unpaired) electrons. The molecule has 0 aliphatic carbocycles. The highest BCUT2D eigenvalue weighted by Crippen LogP contribution is 2.16. The van der Waals surface area contributed by atoms with Crippen LogP contribution in [0, 0.1) is 0 Å². The molecule has 7 nitrogen and oxygen atoms in total. The van der Waals surface area contributed by atoms with Crippen LogP contribution >= 0.6 is 0 Å². The zero-order valence-corrected chi connectivity index (χ0v) is 14.4. The third-order valence-electron chi connectivity index (χ3n) is 3.52. The number of ketones is 1. The monoisotopic (exact) mass is 354 g/mol. The molecule has 0 atom stereocenters.